The number of hydrogen-bond donors (Lipinski definition) is 1. The molecule has 1 heterocycles. The summed E-state index contributed by atoms with van der Waals surface area (Å²) in [5.41, 5.74) is 1.44. The predicted octanol–water partition coefficient (Wildman–Crippen LogP) is 3.49. The molecule has 1 N–H and O–H groups in total. The second-order valence-electron chi connectivity index (χ2n) is 6.08. The zero-order valence-electron chi connectivity index (χ0n) is 16.4. The zero-order chi connectivity index (χ0) is 20.8. The molecule has 0 radical (unpaired) electrons. The maximum Gasteiger partial charge on any atom is 0.272 e. The van der Waals surface area contributed by atoms with E-state index in [1.54, 1.807) is 30.3 Å². The number of aliphatic hydroxyl groups excluding tert-OH is 1. The Morgan fingerprint density at radius 1 is 0.931 bits per heavy atom. The SMILES string of the molecule is CCOc1ccc(N2C(=O)C(SCCO)=C(c3ccccc3)C2=O)cc1OCC. The van der Waals surface area contributed by atoms with Crippen LogP contribution in [0.5, 0.6) is 11.5 Å². The summed E-state index contributed by atoms with van der Waals surface area (Å²) in [6.07, 6.45) is 0. The summed E-state index contributed by atoms with van der Waals surface area (Å²) < 4.78 is 11.2. The topological polar surface area (TPSA) is 76.1 Å². The summed E-state index contributed by atoms with van der Waals surface area (Å²) in [6.45, 7) is 4.54. The van der Waals surface area contributed by atoms with Crippen LogP contribution in [0.2, 0.25) is 0 Å². The Hall–Kier alpha value is -2.77. The number of anilines is 1. The van der Waals surface area contributed by atoms with Crippen molar-refractivity contribution in [2.75, 3.05) is 30.5 Å². The molecule has 0 aliphatic carbocycles. The fraction of sp³-hybridized carbons (Fsp3) is 0.273. The maximum atomic E-state index is 13.3. The van der Waals surface area contributed by atoms with E-state index in [1.165, 1.54) is 11.8 Å². The first kappa shape index (κ1) is 21.0. The summed E-state index contributed by atoms with van der Waals surface area (Å²) in [7, 11) is 0. The summed E-state index contributed by atoms with van der Waals surface area (Å²) in [4.78, 5) is 27.9. The zero-order valence-corrected chi connectivity index (χ0v) is 17.2. The standard InChI is InChI=1S/C22H23NO5S/c1-3-27-17-11-10-16(14-18(17)28-4-2)23-21(25)19(15-8-6-5-7-9-15)20(22(23)26)29-13-12-24/h5-11,14,24H,3-4,12-13H2,1-2H3. The number of carbonyl (C=O) groups excluding carboxylic acids is 2. The summed E-state index contributed by atoms with van der Waals surface area (Å²) in [6, 6.07) is 14.1. The normalized spacial score (nSPS) is 14.0. The maximum absolute atomic E-state index is 13.3. The molecule has 7 heteroatoms. The lowest BCUT2D eigenvalue weighted by Gasteiger charge is -2.18. The molecule has 0 spiro atoms. The molecule has 1 aliphatic rings. The first-order chi connectivity index (χ1) is 14.1. The van der Waals surface area contributed by atoms with Crippen LogP contribution in [0.3, 0.4) is 0 Å². The van der Waals surface area contributed by atoms with Gasteiger partial charge in [0.1, 0.15) is 0 Å². The number of rotatable bonds is 9. The fourth-order valence-corrected chi connectivity index (χ4v) is 3.92. The van der Waals surface area contributed by atoms with Gasteiger partial charge in [0, 0.05) is 11.8 Å². The van der Waals surface area contributed by atoms with Crippen molar-refractivity contribution in [2.24, 2.45) is 0 Å². The predicted molar refractivity (Wildman–Crippen MR) is 114 cm³/mol. The molecule has 0 aromatic heterocycles. The molecule has 1 aliphatic heterocycles. The van der Waals surface area contributed by atoms with Gasteiger partial charge in [-0.25, -0.2) is 4.90 Å². The number of aliphatic hydroxyl groups is 1. The second-order valence-corrected chi connectivity index (χ2v) is 7.19. The molecule has 0 fully saturated rings. The van der Waals surface area contributed by atoms with Crippen LogP contribution in [-0.2, 0) is 9.59 Å². The lowest BCUT2D eigenvalue weighted by atomic mass is 10.1. The van der Waals surface area contributed by atoms with Crippen molar-refractivity contribution in [1.82, 2.24) is 0 Å². The smallest absolute Gasteiger partial charge is 0.272 e. The Balaban J connectivity index is 2.03. The first-order valence-corrected chi connectivity index (χ1v) is 10.4. The van der Waals surface area contributed by atoms with Crippen LogP contribution >= 0.6 is 11.8 Å². The van der Waals surface area contributed by atoms with Gasteiger partial charge in [-0.1, -0.05) is 30.3 Å². The highest BCUT2D eigenvalue weighted by Gasteiger charge is 2.40. The van der Waals surface area contributed by atoms with E-state index in [0.717, 1.165) is 4.90 Å². The van der Waals surface area contributed by atoms with E-state index < -0.39 is 11.8 Å². The van der Waals surface area contributed by atoms with E-state index in [4.69, 9.17) is 9.47 Å². The monoisotopic (exact) mass is 413 g/mol. The number of hydrogen-bond acceptors (Lipinski definition) is 6. The van der Waals surface area contributed by atoms with Crippen LogP contribution in [0.15, 0.2) is 53.4 Å². The molecule has 0 unspecified atom stereocenters. The minimum atomic E-state index is -0.404. The molecule has 0 saturated carbocycles. The molecule has 29 heavy (non-hydrogen) atoms. The van der Waals surface area contributed by atoms with E-state index in [-0.39, 0.29) is 6.61 Å². The Morgan fingerprint density at radius 3 is 2.28 bits per heavy atom. The van der Waals surface area contributed by atoms with Crippen molar-refractivity contribution in [2.45, 2.75) is 13.8 Å². The number of carbonyl (C=O) groups is 2. The van der Waals surface area contributed by atoms with E-state index in [1.807, 2.05) is 32.0 Å². The number of imide groups is 1. The van der Waals surface area contributed by atoms with Gasteiger partial charge >= 0.3 is 0 Å². The van der Waals surface area contributed by atoms with Gasteiger partial charge < -0.3 is 14.6 Å². The Kier molecular flexibility index (Phi) is 6.95. The van der Waals surface area contributed by atoms with E-state index in [2.05, 4.69) is 0 Å². The Labute approximate surface area is 174 Å². The van der Waals surface area contributed by atoms with Crippen LogP contribution in [0.25, 0.3) is 5.57 Å². The number of nitrogens with zero attached hydrogens (tertiary/aromatic N) is 1. The van der Waals surface area contributed by atoms with Crippen LogP contribution in [0.4, 0.5) is 5.69 Å². The van der Waals surface area contributed by atoms with Gasteiger partial charge in [-0.05, 0) is 31.5 Å². The van der Waals surface area contributed by atoms with E-state index in [9.17, 15) is 14.7 Å². The number of ether oxygens (including phenoxy) is 2. The van der Waals surface area contributed by atoms with Crippen molar-refractivity contribution >= 4 is 34.8 Å². The Morgan fingerprint density at radius 2 is 1.62 bits per heavy atom. The first-order valence-electron chi connectivity index (χ1n) is 9.44. The lowest BCUT2D eigenvalue weighted by molar-refractivity contribution is -0.119. The van der Waals surface area contributed by atoms with Gasteiger partial charge in [0.2, 0.25) is 0 Å². The molecule has 0 saturated heterocycles. The van der Waals surface area contributed by atoms with Gasteiger partial charge in [-0.2, -0.15) is 0 Å². The third-order valence-electron chi connectivity index (χ3n) is 4.23. The third-order valence-corrected chi connectivity index (χ3v) is 5.28. The average Bonchev–Trinajstić information content (AvgIpc) is 2.98. The average molecular weight is 413 g/mol. The molecule has 0 atom stereocenters. The number of amides is 2. The van der Waals surface area contributed by atoms with E-state index >= 15 is 0 Å². The van der Waals surface area contributed by atoms with Crippen LogP contribution in [0, 0.1) is 0 Å². The van der Waals surface area contributed by atoms with Gasteiger partial charge in [-0.3, -0.25) is 9.59 Å². The minimum Gasteiger partial charge on any atom is -0.490 e. The highest BCUT2D eigenvalue weighted by Crippen LogP contribution is 2.40. The molecule has 2 aromatic rings. The molecular formula is C22H23NO5S. The van der Waals surface area contributed by atoms with Crippen molar-refractivity contribution in [3.63, 3.8) is 0 Å². The quantitative estimate of drug-likeness (QED) is 0.634. The third kappa shape index (κ3) is 4.31. The number of thioether (sulfide) groups is 1. The van der Waals surface area contributed by atoms with E-state index in [0.29, 0.717) is 52.2 Å². The lowest BCUT2D eigenvalue weighted by Crippen LogP contribution is -2.31. The molecule has 2 aromatic carbocycles. The van der Waals surface area contributed by atoms with Crippen LogP contribution < -0.4 is 14.4 Å². The summed E-state index contributed by atoms with van der Waals surface area (Å²) in [5.74, 6) is 0.562. The minimum absolute atomic E-state index is 0.0880. The van der Waals surface area contributed by atoms with Crippen LogP contribution in [0.1, 0.15) is 19.4 Å². The molecular weight excluding hydrogens is 390 g/mol. The molecule has 152 valence electrons. The van der Waals surface area contributed by atoms with Gasteiger partial charge in [0.15, 0.2) is 11.5 Å². The Bertz CT molecular complexity index is 926. The molecule has 2 amide bonds. The van der Waals surface area contributed by atoms with Crippen molar-refractivity contribution in [3.05, 3.63) is 59.0 Å². The fourth-order valence-electron chi connectivity index (χ4n) is 3.06. The molecule has 6 nitrogen and oxygen atoms in total. The molecule has 3 rings (SSSR count). The summed E-state index contributed by atoms with van der Waals surface area (Å²) >= 11 is 1.18. The highest BCUT2D eigenvalue weighted by molar-refractivity contribution is 8.04. The van der Waals surface area contributed by atoms with Crippen molar-refractivity contribution < 1.29 is 24.2 Å². The highest BCUT2D eigenvalue weighted by atomic mass is 32.2. The van der Waals surface area contributed by atoms with Gasteiger partial charge in [0.25, 0.3) is 11.8 Å². The van der Waals surface area contributed by atoms with Crippen molar-refractivity contribution in [1.29, 1.82) is 0 Å². The largest absolute Gasteiger partial charge is 0.490 e. The number of benzene rings is 2. The van der Waals surface area contributed by atoms with Gasteiger partial charge in [0.05, 0.1) is 36.0 Å². The van der Waals surface area contributed by atoms with Crippen LogP contribution in [-0.4, -0.2) is 42.5 Å². The van der Waals surface area contributed by atoms with Crippen molar-refractivity contribution in [3.8, 4) is 11.5 Å². The molecule has 0 bridgehead atoms. The second kappa shape index (κ2) is 9.62. The van der Waals surface area contributed by atoms with Gasteiger partial charge in [-0.15, -0.1) is 11.8 Å². The summed E-state index contributed by atoms with van der Waals surface area (Å²) in [5, 5.41) is 9.21.